The molecule has 4 heteroatoms. The van der Waals surface area contributed by atoms with E-state index in [1.165, 1.54) is 5.57 Å². The molecule has 2 aromatic rings. The molecule has 2 heterocycles. The quantitative estimate of drug-likeness (QED) is 0.782. The molecule has 0 aliphatic carbocycles. The van der Waals surface area contributed by atoms with E-state index in [2.05, 4.69) is 18.0 Å². The standard InChI is InChI=1S/C13H13ClN2O/c1-8-5-6-16(14)13-10-7-9(17-2)3-4-11(10)15-12(8)13/h3-5,7,15H,6H2,1-2H3. The predicted octanol–water partition coefficient (Wildman–Crippen LogP) is 3.55. The van der Waals surface area contributed by atoms with Crippen molar-refractivity contribution in [3.63, 3.8) is 0 Å². The van der Waals surface area contributed by atoms with Gasteiger partial charge in [0.1, 0.15) is 5.75 Å². The average molecular weight is 249 g/mol. The van der Waals surface area contributed by atoms with E-state index in [1.54, 1.807) is 11.5 Å². The van der Waals surface area contributed by atoms with Gasteiger partial charge in [-0.15, -0.1) is 0 Å². The highest BCUT2D eigenvalue weighted by atomic mass is 35.5. The molecule has 3 rings (SSSR count). The summed E-state index contributed by atoms with van der Waals surface area (Å²) in [6, 6.07) is 5.98. The van der Waals surface area contributed by atoms with Crippen LogP contribution in [0.5, 0.6) is 5.75 Å². The Balaban J connectivity index is 2.33. The zero-order valence-electron chi connectivity index (χ0n) is 9.75. The number of aromatic amines is 1. The molecule has 17 heavy (non-hydrogen) atoms. The fourth-order valence-corrected chi connectivity index (χ4v) is 2.48. The van der Waals surface area contributed by atoms with Crippen molar-refractivity contribution in [3.05, 3.63) is 30.0 Å². The summed E-state index contributed by atoms with van der Waals surface area (Å²) < 4.78 is 6.99. The van der Waals surface area contributed by atoms with Gasteiger partial charge in [0.2, 0.25) is 0 Å². The van der Waals surface area contributed by atoms with Crippen LogP contribution >= 0.6 is 11.8 Å². The van der Waals surface area contributed by atoms with E-state index >= 15 is 0 Å². The number of anilines is 1. The third-order valence-electron chi connectivity index (χ3n) is 3.17. The first-order valence-electron chi connectivity index (χ1n) is 5.51. The Bertz CT molecular complexity index is 615. The van der Waals surface area contributed by atoms with E-state index in [4.69, 9.17) is 16.5 Å². The molecule has 1 aliphatic heterocycles. The van der Waals surface area contributed by atoms with Gasteiger partial charge in [-0.25, -0.2) is 0 Å². The molecule has 1 aromatic carbocycles. The molecule has 1 aromatic heterocycles. The number of nitrogens with zero attached hydrogens (tertiary/aromatic N) is 1. The lowest BCUT2D eigenvalue weighted by Gasteiger charge is -2.20. The molecular formula is C13H13ClN2O. The van der Waals surface area contributed by atoms with Crippen LogP contribution in [0.3, 0.4) is 0 Å². The van der Waals surface area contributed by atoms with Gasteiger partial charge >= 0.3 is 0 Å². The number of allylic oxidation sites excluding steroid dienone is 1. The lowest BCUT2D eigenvalue weighted by Crippen LogP contribution is -2.14. The Labute approximate surface area is 105 Å². The van der Waals surface area contributed by atoms with Gasteiger partial charge in [0.25, 0.3) is 0 Å². The third kappa shape index (κ3) is 1.50. The van der Waals surface area contributed by atoms with Crippen LogP contribution in [0, 0.1) is 0 Å². The van der Waals surface area contributed by atoms with Crippen LogP contribution in [0.4, 0.5) is 5.69 Å². The zero-order valence-corrected chi connectivity index (χ0v) is 10.5. The predicted molar refractivity (Wildman–Crippen MR) is 71.7 cm³/mol. The van der Waals surface area contributed by atoms with Crippen molar-refractivity contribution in [3.8, 4) is 5.75 Å². The van der Waals surface area contributed by atoms with Crippen molar-refractivity contribution in [2.24, 2.45) is 0 Å². The van der Waals surface area contributed by atoms with Gasteiger partial charge in [-0.2, -0.15) is 0 Å². The third-order valence-corrected chi connectivity index (χ3v) is 3.48. The first-order chi connectivity index (χ1) is 8.20. The van der Waals surface area contributed by atoms with E-state index in [1.807, 2.05) is 18.2 Å². The maximum atomic E-state index is 6.26. The van der Waals surface area contributed by atoms with Crippen molar-refractivity contribution in [1.82, 2.24) is 4.98 Å². The van der Waals surface area contributed by atoms with Crippen LogP contribution in [0.1, 0.15) is 12.6 Å². The summed E-state index contributed by atoms with van der Waals surface area (Å²) in [7, 11) is 1.67. The summed E-state index contributed by atoms with van der Waals surface area (Å²) in [5.74, 6) is 0.844. The summed E-state index contributed by atoms with van der Waals surface area (Å²) >= 11 is 6.26. The van der Waals surface area contributed by atoms with Crippen LogP contribution in [0.2, 0.25) is 0 Å². The Morgan fingerprint density at radius 1 is 1.41 bits per heavy atom. The fourth-order valence-electron chi connectivity index (χ4n) is 2.23. The van der Waals surface area contributed by atoms with Crippen molar-refractivity contribution in [2.75, 3.05) is 18.1 Å². The number of benzene rings is 1. The highest BCUT2D eigenvalue weighted by Crippen LogP contribution is 2.39. The minimum Gasteiger partial charge on any atom is -0.497 e. The van der Waals surface area contributed by atoms with Crippen LogP contribution in [0.25, 0.3) is 16.5 Å². The van der Waals surface area contributed by atoms with Gasteiger partial charge in [0.05, 0.1) is 25.0 Å². The highest BCUT2D eigenvalue weighted by Gasteiger charge is 2.21. The monoisotopic (exact) mass is 248 g/mol. The normalized spacial score (nSPS) is 14.8. The van der Waals surface area contributed by atoms with Gasteiger partial charge in [-0.05, 0) is 30.7 Å². The number of ether oxygens (including phenoxy) is 1. The lowest BCUT2D eigenvalue weighted by molar-refractivity contribution is 0.415. The molecule has 0 bridgehead atoms. The minimum absolute atomic E-state index is 0.727. The van der Waals surface area contributed by atoms with Gasteiger partial charge in [-0.3, -0.25) is 4.42 Å². The number of hydrogen-bond acceptors (Lipinski definition) is 2. The van der Waals surface area contributed by atoms with Crippen LogP contribution in [-0.4, -0.2) is 18.6 Å². The fraction of sp³-hybridized carbons (Fsp3) is 0.231. The molecule has 0 amide bonds. The smallest absolute Gasteiger partial charge is 0.119 e. The zero-order chi connectivity index (χ0) is 12.0. The molecule has 0 spiro atoms. The average Bonchev–Trinajstić information content (AvgIpc) is 2.73. The van der Waals surface area contributed by atoms with Crippen LogP contribution in [0.15, 0.2) is 24.3 Å². The van der Waals surface area contributed by atoms with Crippen molar-refractivity contribution in [2.45, 2.75) is 6.92 Å². The molecule has 0 radical (unpaired) electrons. The number of aromatic nitrogens is 1. The molecule has 3 nitrogen and oxygen atoms in total. The number of H-pyrrole nitrogens is 1. The number of rotatable bonds is 1. The van der Waals surface area contributed by atoms with E-state index in [0.717, 1.165) is 34.6 Å². The number of hydrogen-bond donors (Lipinski definition) is 1. The molecule has 0 unspecified atom stereocenters. The molecule has 0 atom stereocenters. The Hall–Kier alpha value is -1.61. The first-order valence-corrected chi connectivity index (χ1v) is 5.84. The van der Waals surface area contributed by atoms with Crippen molar-refractivity contribution < 1.29 is 4.74 Å². The molecular weight excluding hydrogens is 236 g/mol. The largest absolute Gasteiger partial charge is 0.497 e. The molecule has 0 saturated heterocycles. The van der Waals surface area contributed by atoms with E-state index < -0.39 is 0 Å². The summed E-state index contributed by atoms with van der Waals surface area (Å²) in [6.45, 7) is 2.82. The molecule has 88 valence electrons. The Morgan fingerprint density at radius 2 is 2.24 bits per heavy atom. The molecule has 0 saturated carbocycles. The number of methoxy groups -OCH3 is 1. The number of nitrogens with one attached hydrogen (secondary N) is 1. The van der Waals surface area contributed by atoms with Gasteiger partial charge in [0.15, 0.2) is 0 Å². The molecule has 1 aliphatic rings. The van der Waals surface area contributed by atoms with Crippen molar-refractivity contribution in [1.29, 1.82) is 0 Å². The van der Waals surface area contributed by atoms with Crippen molar-refractivity contribution >= 4 is 33.9 Å². The second kappa shape index (κ2) is 3.70. The topological polar surface area (TPSA) is 28.3 Å². The first kappa shape index (κ1) is 10.5. The van der Waals surface area contributed by atoms with Gasteiger partial charge < -0.3 is 9.72 Å². The van der Waals surface area contributed by atoms with Gasteiger partial charge in [0, 0.05) is 22.7 Å². The lowest BCUT2D eigenvalue weighted by atomic mass is 10.1. The van der Waals surface area contributed by atoms with Crippen LogP contribution in [-0.2, 0) is 0 Å². The summed E-state index contributed by atoms with van der Waals surface area (Å²) in [6.07, 6.45) is 2.11. The Kier molecular flexibility index (Phi) is 2.30. The second-order valence-electron chi connectivity index (χ2n) is 4.19. The second-order valence-corrected chi connectivity index (χ2v) is 4.60. The summed E-state index contributed by atoms with van der Waals surface area (Å²) in [5.41, 5.74) is 4.44. The summed E-state index contributed by atoms with van der Waals surface area (Å²) in [5, 5.41) is 1.10. The van der Waals surface area contributed by atoms with E-state index in [-0.39, 0.29) is 0 Å². The van der Waals surface area contributed by atoms with E-state index in [0.29, 0.717) is 0 Å². The maximum Gasteiger partial charge on any atom is 0.119 e. The van der Waals surface area contributed by atoms with Crippen LogP contribution < -0.4 is 9.16 Å². The number of fused-ring (bicyclic) bond motifs is 3. The Morgan fingerprint density at radius 3 is 3.00 bits per heavy atom. The minimum atomic E-state index is 0.727. The maximum absolute atomic E-state index is 6.26. The summed E-state index contributed by atoms with van der Waals surface area (Å²) in [4.78, 5) is 3.40. The van der Waals surface area contributed by atoms with E-state index in [9.17, 15) is 0 Å². The SMILES string of the molecule is COc1ccc2[nH]c3c(c2c1)N(Cl)CC=C3C. The molecule has 1 N–H and O–H groups in total. The molecule has 0 fully saturated rings. The highest BCUT2D eigenvalue weighted by molar-refractivity contribution is 6.29. The number of halogens is 1. The van der Waals surface area contributed by atoms with Gasteiger partial charge in [-0.1, -0.05) is 6.08 Å².